The standard InChI is InChI=1S/C20H21N3O6/c1-27-19(25)12-16-20(26)22-9-10-23(16)18(24)13-28-14-5-4-6-15(11-14)29-17-7-2-3-8-21-17/h2-8,11,16H,9-10,12-13H2,1H3,(H,22,26)/t16-/m1/s1. The maximum absolute atomic E-state index is 12.6. The Hall–Kier alpha value is -3.62. The molecule has 1 saturated heterocycles. The second-order valence-corrected chi connectivity index (χ2v) is 6.21. The van der Waals surface area contributed by atoms with Gasteiger partial charge in [0.1, 0.15) is 17.5 Å². The van der Waals surface area contributed by atoms with E-state index in [0.29, 0.717) is 30.5 Å². The molecule has 1 fully saturated rings. The molecule has 2 heterocycles. The van der Waals surface area contributed by atoms with Gasteiger partial charge in [-0.2, -0.15) is 0 Å². The van der Waals surface area contributed by atoms with Gasteiger partial charge in [0, 0.05) is 31.4 Å². The first-order chi connectivity index (χ1) is 14.1. The average molecular weight is 399 g/mol. The molecule has 9 nitrogen and oxygen atoms in total. The first kappa shape index (κ1) is 20.1. The Balaban J connectivity index is 1.61. The van der Waals surface area contributed by atoms with Crippen LogP contribution in [0.2, 0.25) is 0 Å². The molecule has 1 N–H and O–H groups in total. The fourth-order valence-corrected chi connectivity index (χ4v) is 2.84. The van der Waals surface area contributed by atoms with Crippen LogP contribution in [0.1, 0.15) is 6.42 Å². The van der Waals surface area contributed by atoms with E-state index in [0.717, 1.165) is 0 Å². The number of esters is 1. The molecule has 0 bridgehead atoms. The molecule has 1 aliphatic rings. The molecule has 0 unspecified atom stereocenters. The number of benzene rings is 1. The number of hydrogen-bond acceptors (Lipinski definition) is 7. The van der Waals surface area contributed by atoms with Crippen LogP contribution in [-0.4, -0.2) is 60.5 Å². The number of carbonyl (C=O) groups is 3. The van der Waals surface area contributed by atoms with Gasteiger partial charge in [0.05, 0.1) is 13.5 Å². The first-order valence-electron chi connectivity index (χ1n) is 9.02. The van der Waals surface area contributed by atoms with Crippen LogP contribution in [0, 0.1) is 0 Å². The number of carbonyl (C=O) groups excluding carboxylic acids is 3. The van der Waals surface area contributed by atoms with Crippen LogP contribution >= 0.6 is 0 Å². The van der Waals surface area contributed by atoms with Gasteiger partial charge in [-0.25, -0.2) is 4.98 Å². The maximum atomic E-state index is 12.6. The molecule has 0 saturated carbocycles. The number of piperazine rings is 1. The summed E-state index contributed by atoms with van der Waals surface area (Å²) in [6.07, 6.45) is 1.41. The topological polar surface area (TPSA) is 107 Å². The summed E-state index contributed by atoms with van der Waals surface area (Å²) in [7, 11) is 1.23. The summed E-state index contributed by atoms with van der Waals surface area (Å²) in [5, 5.41) is 2.65. The third-order valence-electron chi connectivity index (χ3n) is 4.27. The Kier molecular flexibility index (Phi) is 6.62. The number of nitrogens with one attached hydrogen (secondary N) is 1. The minimum atomic E-state index is -0.911. The van der Waals surface area contributed by atoms with Crippen LogP contribution in [0.25, 0.3) is 0 Å². The predicted octanol–water partition coefficient (Wildman–Crippen LogP) is 1.14. The van der Waals surface area contributed by atoms with Crippen LogP contribution < -0.4 is 14.8 Å². The molecule has 1 aromatic carbocycles. The van der Waals surface area contributed by atoms with Crippen LogP contribution in [-0.2, 0) is 19.1 Å². The van der Waals surface area contributed by atoms with Gasteiger partial charge in [0.25, 0.3) is 5.91 Å². The summed E-state index contributed by atoms with van der Waals surface area (Å²) >= 11 is 0. The van der Waals surface area contributed by atoms with Crippen molar-refractivity contribution >= 4 is 17.8 Å². The van der Waals surface area contributed by atoms with E-state index in [2.05, 4.69) is 15.0 Å². The molecule has 0 spiro atoms. The fourth-order valence-electron chi connectivity index (χ4n) is 2.84. The van der Waals surface area contributed by atoms with E-state index in [4.69, 9.17) is 9.47 Å². The van der Waals surface area contributed by atoms with Gasteiger partial charge in [0.15, 0.2) is 6.61 Å². The van der Waals surface area contributed by atoms with Crippen molar-refractivity contribution in [3.05, 3.63) is 48.7 Å². The summed E-state index contributed by atoms with van der Waals surface area (Å²) in [5.74, 6) is 0.0220. The van der Waals surface area contributed by atoms with Crippen LogP contribution in [0.15, 0.2) is 48.7 Å². The van der Waals surface area contributed by atoms with Gasteiger partial charge in [-0.05, 0) is 18.2 Å². The molecule has 1 aliphatic heterocycles. The smallest absolute Gasteiger partial charge is 0.308 e. The molecule has 1 atom stereocenters. The molecule has 29 heavy (non-hydrogen) atoms. The molecule has 9 heteroatoms. The summed E-state index contributed by atoms with van der Waals surface area (Å²) in [4.78, 5) is 41.7. The molecule has 152 valence electrons. The zero-order valence-electron chi connectivity index (χ0n) is 15.9. The van der Waals surface area contributed by atoms with Crippen LogP contribution in [0.5, 0.6) is 17.4 Å². The van der Waals surface area contributed by atoms with Crippen molar-refractivity contribution in [2.45, 2.75) is 12.5 Å². The molecule has 1 aromatic heterocycles. The molecule has 0 radical (unpaired) electrons. The summed E-state index contributed by atoms with van der Waals surface area (Å²) in [6.45, 7) is 0.325. The number of pyridine rings is 1. The highest BCUT2D eigenvalue weighted by molar-refractivity contribution is 5.92. The highest BCUT2D eigenvalue weighted by atomic mass is 16.5. The minimum absolute atomic E-state index is 0.207. The molecular weight excluding hydrogens is 378 g/mol. The monoisotopic (exact) mass is 399 g/mol. The van der Waals surface area contributed by atoms with E-state index in [9.17, 15) is 14.4 Å². The van der Waals surface area contributed by atoms with Crippen molar-refractivity contribution in [2.75, 3.05) is 26.8 Å². The Morgan fingerprint density at radius 1 is 1.21 bits per heavy atom. The summed E-state index contributed by atoms with van der Waals surface area (Å²) in [5.41, 5.74) is 0. The van der Waals surface area contributed by atoms with Crippen LogP contribution in [0.4, 0.5) is 0 Å². The van der Waals surface area contributed by atoms with Crippen molar-refractivity contribution in [1.82, 2.24) is 15.2 Å². The third kappa shape index (κ3) is 5.44. The Morgan fingerprint density at radius 2 is 2.03 bits per heavy atom. The van der Waals surface area contributed by atoms with Gasteiger partial charge in [-0.1, -0.05) is 12.1 Å². The van der Waals surface area contributed by atoms with Gasteiger partial charge < -0.3 is 24.4 Å². The lowest BCUT2D eigenvalue weighted by molar-refractivity contribution is -0.151. The predicted molar refractivity (Wildman–Crippen MR) is 101 cm³/mol. The number of ether oxygens (including phenoxy) is 3. The van der Waals surface area contributed by atoms with E-state index in [1.807, 2.05) is 0 Å². The van der Waals surface area contributed by atoms with Crippen molar-refractivity contribution in [2.24, 2.45) is 0 Å². The lowest BCUT2D eigenvalue weighted by Crippen LogP contribution is -2.58. The molecule has 2 aromatic rings. The Labute approximate surface area is 167 Å². The number of amides is 2. The molecule has 2 amide bonds. The summed E-state index contributed by atoms with van der Waals surface area (Å²) in [6, 6.07) is 11.2. The van der Waals surface area contributed by atoms with Gasteiger partial charge in [-0.3, -0.25) is 14.4 Å². The number of hydrogen-bond donors (Lipinski definition) is 1. The normalized spacial score (nSPS) is 16.0. The second-order valence-electron chi connectivity index (χ2n) is 6.21. The lowest BCUT2D eigenvalue weighted by Gasteiger charge is -2.34. The Morgan fingerprint density at radius 3 is 2.79 bits per heavy atom. The average Bonchev–Trinajstić information content (AvgIpc) is 2.74. The second kappa shape index (κ2) is 9.54. The van der Waals surface area contributed by atoms with Gasteiger partial charge in [-0.15, -0.1) is 0 Å². The highest BCUT2D eigenvalue weighted by Gasteiger charge is 2.35. The quantitative estimate of drug-likeness (QED) is 0.696. The largest absolute Gasteiger partial charge is 0.484 e. The number of methoxy groups -OCH3 is 1. The molecule has 3 rings (SSSR count). The molecule has 0 aliphatic carbocycles. The van der Waals surface area contributed by atoms with Crippen molar-refractivity contribution in [3.63, 3.8) is 0 Å². The minimum Gasteiger partial charge on any atom is -0.484 e. The Bertz CT molecular complexity index is 874. The third-order valence-corrected chi connectivity index (χ3v) is 4.27. The van der Waals surface area contributed by atoms with Crippen molar-refractivity contribution in [1.29, 1.82) is 0 Å². The first-order valence-corrected chi connectivity index (χ1v) is 9.02. The van der Waals surface area contributed by atoms with E-state index in [1.165, 1.54) is 12.0 Å². The van der Waals surface area contributed by atoms with Crippen LogP contribution in [0.3, 0.4) is 0 Å². The highest BCUT2D eigenvalue weighted by Crippen LogP contribution is 2.24. The zero-order chi connectivity index (χ0) is 20.6. The number of nitrogens with zero attached hydrogens (tertiary/aromatic N) is 2. The van der Waals surface area contributed by atoms with E-state index < -0.39 is 17.9 Å². The maximum Gasteiger partial charge on any atom is 0.308 e. The lowest BCUT2D eigenvalue weighted by atomic mass is 10.1. The fraction of sp³-hybridized carbons (Fsp3) is 0.300. The van der Waals surface area contributed by atoms with Crippen molar-refractivity contribution < 1.29 is 28.6 Å². The zero-order valence-corrected chi connectivity index (χ0v) is 15.9. The van der Waals surface area contributed by atoms with E-state index >= 15 is 0 Å². The SMILES string of the molecule is COC(=O)C[C@@H]1C(=O)NCCN1C(=O)COc1cccc(Oc2ccccn2)c1. The van der Waals surface area contributed by atoms with Crippen molar-refractivity contribution in [3.8, 4) is 17.4 Å². The van der Waals surface area contributed by atoms with E-state index in [1.54, 1.807) is 48.7 Å². The van der Waals surface area contributed by atoms with Gasteiger partial charge >= 0.3 is 5.97 Å². The molecular formula is C20H21N3O6. The van der Waals surface area contributed by atoms with Gasteiger partial charge in [0.2, 0.25) is 11.8 Å². The number of rotatable bonds is 7. The number of aromatic nitrogens is 1. The van der Waals surface area contributed by atoms with E-state index in [-0.39, 0.29) is 18.9 Å². The summed E-state index contributed by atoms with van der Waals surface area (Å²) < 4.78 is 15.8.